The van der Waals surface area contributed by atoms with Gasteiger partial charge in [-0.3, -0.25) is 9.36 Å². The second-order valence-electron chi connectivity index (χ2n) is 11.3. The van der Waals surface area contributed by atoms with Crippen molar-refractivity contribution in [3.05, 3.63) is 64.8 Å². The van der Waals surface area contributed by atoms with Crippen LogP contribution in [0.25, 0.3) is 0 Å². The van der Waals surface area contributed by atoms with Gasteiger partial charge in [-0.1, -0.05) is 26.0 Å². The Balaban J connectivity index is 1.48. The smallest absolute Gasteiger partial charge is 0.369 e. The highest BCUT2D eigenvalue weighted by atomic mass is 32.2. The fourth-order valence-electron chi connectivity index (χ4n) is 6.00. The molecule has 248 valence electrons. The Kier molecular flexibility index (Phi) is 8.88. The third-order valence-corrected chi connectivity index (χ3v) is 12.3. The van der Waals surface area contributed by atoms with E-state index in [0.29, 0.717) is 28.7 Å². The van der Waals surface area contributed by atoms with Gasteiger partial charge >= 0.3 is 13.8 Å². The third kappa shape index (κ3) is 6.31. The van der Waals surface area contributed by atoms with E-state index in [4.69, 9.17) is 0 Å². The molecule has 1 amide bonds. The molecule has 12 nitrogen and oxygen atoms in total. The molecule has 2 aromatic carbocycles. The van der Waals surface area contributed by atoms with Gasteiger partial charge in [0.05, 0.1) is 27.9 Å². The molecular weight excluding hydrogens is 648 g/mol. The minimum Gasteiger partial charge on any atom is -0.369 e. The molecule has 2 aliphatic heterocycles. The fraction of sp³-hybridized carbons (Fsp3) is 0.414. The summed E-state index contributed by atoms with van der Waals surface area (Å²) in [4.78, 5) is 44.5. The number of amides is 1. The largest absolute Gasteiger partial charge is 0.421 e. The molecule has 1 saturated heterocycles. The van der Waals surface area contributed by atoms with Crippen molar-refractivity contribution >= 4 is 52.2 Å². The highest BCUT2D eigenvalue weighted by Crippen LogP contribution is 2.61. The lowest BCUT2D eigenvalue weighted by Gasteiger charge is -2.33. The van der Waals surface area contributed by atoms with Gasteiger partial charge in [-0.2, -0.15) is 18.2 Å². The van der Waals surface area contributed by atoms with E-state index in [9.17, 15) is 40.7 Å². The van der Waals surface area contributed by atoms with Crippen molar-refractivity contribution in [3.8, 4) is 0 Å². The van der Waals surface area contributed by atoms with Crippen LogP contribution in [0.3, 0.4) is 0 Å². The Morgan fingerprint density at radius 1 is 1.00 bits per heavy atom. The number of hydrogen-bond acceptors (Lipinski definition) is 9. The molecule has 1 aromatic heterocycles. The van der Waals surface area contributed by atoms with Crippen molar-refractivity contribution < 1.29 is 40.7 Å². The van der Waals surface area contributed by atoms with E-state index in [1.165, 1.54) is 23.1 Å². The van der Waals surface area contributed by atoms with Crippen LogP contribution in [0.5, 0.6) is 0 Å². The second kappa shape index (κ2) is 12.1. The average molecular weight is 683 g/mol. The molecular formula is C29H34F3N6O6PS. The summed E-state index contributed by atoms with van der Waals surface area (Å²) < 4.78 is 78.5. The number of carbonyl (C=O) groups is 1. The van der Waals surface area contributed by atoms with Gasteiger partial charge in [-0.05, 0) is 42.7 Å². The van der Waals surface area contributed by atoms with Crippen molar-refractivity contribution in [2.45, 2.75) is 44.6 Å². The van der Waals surface area contributed by atoms with E-state index in [1.54, 1.807) is 39.1 Å². The van der Waals surface area contributed by atoms with Crippen LogP contribution in [0.1, 0.15) is 53.7 Å². The summed E-state index contributed by atoms with van der Waals surface area (Å²) in [6.07, 6.45) is -3.82. The summed E-state index contributed by atoms with van der Waals surface area (Å²) in [5, 5.41) is 4.16. The molecule has 0 saturated carbocycles. The zero-order chi connectivity index (χ0) is 33.7. The predicted molar refractivity (Wildman–Crippen MR) is 167 cm³/mol. The van der Waals surface area contributed by atoms with Crippen LogP contribution >= 0.6 is 7.60 Å². The molecule has 0 atom stereocenters. The standard InChI is InChI=1S/C29H34F3N6O6PS/c1-4-28(5-2,45(40,41)42)18-6-8-19(9-7-18)34-27-33-16-21(29(30,31)32)25(36-27)35-22-10-11-23(20-17-37(3)26(39)24(20)22)38-12-14-46(43,44)15-13-38/h6-11,16H,4-5,12-15,17H2,1-3H3,(H2,40,41,42)(H2,33,34,35,36). The fourth-order valence-corrected chi connectivity index (χ4v) is 8.51. The summed E-state index contributed by atoms with van der Waals surface area (Å²) in [7, 11) is -6.11. The maximum Gasteiger partial charge on any atom is 0.421 e. The number of aromatic nitrogens is 2. The van der Waals surface area contributed by atoms with Gasteiger partial charge in [0.2, 0.25) is 5.95 Å². The maximum atomic E-state index is 14.1. The zero-order valence-corrected chi connectivity index (χ0v) is 27.0. The molecule has 0 aliphatic carbocycles. The Morgan fingerprint density at radius 3 is 2.20 bits per heavy atom. The summed E-state index contributed by atoms with van der Waals surface area (Å²) in [6.45, 7) is 4.04. The molecule has 0 bridgehead atoms. The molecule has 3 heterocycles. The first-order valence-electron chi connectivity index (χ1n) is 14.5. The molecule has 46 heavy (non-hydrogen) atoms. The molecule has 0 radical (unpaired) electrons. The lowest BCUT2D eigenvalue weighted by Crippen LogP contribution is -2.40. The number of anilines is 5. The number of carbonyl (C=O) groups excluding carboxylic acids is 1. The summed E-state index contributed by atoms with van der Waals surface area (Å²) in [5.41, 5.74) is 1.12. The Bertz CT molecular complexity index is 1800. The van der Waals surface area contributed by atoms with Crippen LogP contribution in [0, 0.1) is 0 Å². The third-order valence-electron chi connectivity index (χ3n) is 8.68. The number of sulfone groups is 1. The number of nitrogens with zero attached hydrogens (tertiary/aromatic N) is 4. The topological polar surface area (TPSA) is 165 Å². The minimum atomic E-state index is -4.84. The van der Waals surface area contributed by atoms with E-state index >= 15 is 0 Å². The average Bonchev–Trinajstić information content (AvgIpc) is 3.28. The predicted octanol–water partition coefficient (Wildman–Crippen LogP) is 5.00. The van der Waals surface area contributed by atoms with Crippen molar-refractivity contribution in [2.24, 2.45) is 0 Å². The Labute approximate surface area is 264 Å². The van der Waals surface area contributed by atoms with Crippen molar-refractivity contribution in [1.82, 2.24) is 14.9 Å². The van der Waals surface area contributed by atoms with Gasteiger partial charge in [0, 0.05) is 49.8 Å². The van der Waals surface area contributed by atoms with Crippen LogP contribution in [0.2, 0.25) is 0 Å². The number of alkyl halides is 3. The number of fused-ring (bicyclic) bond motifs is 1. The molecule has 2 aliphatic rings. The van der Waals surface area contributed by atoms with Gasteiger partial charge in [-0.15, -0.1) is 0 Å². The number of halogens is 3. The summed E-state index contributed by atoms with van der Waals surface area (Å²) >= 11 is 0. The Morgan fingerprint density at radius 2 is 1.63 bits per heavy atom. The molecule has 5 rings (SSSR count). The monoisotopic (exact) mass is 682 g/mol. The summed E-state index contributed by atoms with van der Waals surface area (Å²) in [6, 6.07) is 9.29. The first kappa shape index (κ1) is 33.6. The zero-order valence-electron chi connectivity index (χ0n) is 25.3. The van der Waals surface area contributed by atoms with Crippen LogP contribution in [0.4, 0.5) is 42.0 Å². The maximum absolute atomic E-state index is 14.1. The van der Waals surface area contributed by atoms with Crippen molar-refractivity contribution in [2.75, 3.05) is 47.2 Å². The normalized spacial score (nSPS) is 16.8. The van der Waals surface area contributed by atoms with Gasteiger partial charge in [-0.25, -0.2) is 13.4 Å². The number of nitrogens with one attached hydrogen (secondary N) is 2. The van der Waals surface area contributed by atoms with Crippen LogP contribution < -0.4 is 15.5 Å². The quantitative estimate of drug-likeness (QED) is 0.225. The molecule has 0 unspecified atom stereocenters. The van der Waals surface area contributed by atoms with Crippen molar-refractivity contribution in [1.29, 1.82) is 0 Å². The second-order valence-corrected chi connectivity index (χ2v) is 15.6. The Hall–Kier alpha value is -3.72. The van der Waals surface area contributed by atoms with Crippen LogP contribution in [-0.2, 0) is 32.3 Å². The number of benzene rings is 2. The SMILES string of the molecule is CCC(CC)(c1ccc(Nc2ncc(C(F)(F)F)c(Nc3ccc(N4CCS(=O)(=O)CC4)c4c3C(=O)N(C)C4)n2)cc1)P(=O)(O)O. The van der Waals surface area contributed by atoms with E-state index in [2.05, 4.69) is 20.6 Å². The van der Waals surface area contributed by atoms with Gasteiger partial charge in [0.25, 0.3) is 5.91 Å². The molecule has 3 aromatic rings. The van der Waals surface area contributed by atoms with Crippen LogP contribution in [-0.4, -0.2) is 70.6 Å². The molecule has 4 N–H and O–H groups in total. The number of rotatable bonds is 9. The van der Waals surface area contributed by atoms with Crippen molar-refractivity contribution in [3.63, 3.8) is 0 Å². The minimum absolute atomic E-state index is 0.0400. The summed E-state index contributed by atoms with van der Waals surface area (Å²) in [5.74, 6) is -1.28. The molecule has 1 fully saturated rings. The number of hydrogen-bond donors (Lipinski definition) is 4. The van der Waals surface area contributed by atoms with E-state index in [0.717, 1.165) is 0 Å². The van der Waals surface area contributed by atoms with E-state index in [-0.39, 0.29) is 61.2 Å². The molecule has 17 heteroatoms. The lowest BCUT2D eigenvalue weighted by molar-refractivity contribution is -0.137. The highest BCUT2D eigenvalue weighted by molar-refractivity contribution is 7.91. The highest BCUT2D eigenvalue weighted by Gasteiger charge is 2.45. The van der Waals surface area contributed by atoms with Gasteiger partial charge in [0.15, 0.2) is 9.84 Å². The molecule has 0 spiro atoms. The van der Waals surface area contributed by atoms with Gasteiger partial charge < -0.3 is 30.2 Å². The first-order chi connectivity index (χ1) is 21.5. The lowest BCUT2D eigenvalue weighted by atomic mass is 9.92. The van der Waals surface area contributed by atoms with E-state index in [1.807, 2.05) is 4.90 Å². The van der Waals surface area contributed by atoms with E-state index < -0.39 is 46.1 Å². The van der Waals surface area contributed by atoms with Crippen LogP contribution in [0.15, 0.2) is 42.6 Å². The van der Waals surface area contributed by atoms with Gasteiger partial charge in [0.1, 0.15) is 11.4 Å². The first-order valence-corrected chi connectivity index (χ1v) is 17.9.